The van der Waals surface area contributed by atoms with Crippen molar-refractivity contribution in [3.05, 3.63) is 47.4 Å². The molecule has 1 aromatic carbocycles. The van der Waals surface area contributed by atoms with Gasteiger partial charge in [0.25, 0.3) is 10.0 Å². The fourth-order valence-electron chi connectivity index (χ4n) is 3.76. The number of aromatic amines is 1. The first kappa shape index (κ1) is 21.1. The van der Waals surface area contributed by atoms with Crippen LogP contribution in [0, 0.1) is 20.8 Å². The normalized spacial score (nSPS) is 14.5. The van der Waals surface area contributed by atoms with Crippen LogP contribution in [0.2, 0.25) is 0 Å². The summed E-state index contributed by atoms with van der Waals surface area (Å²) in [4.78, 5) is 11.7. The van der Waals surface area contributed by atoms with E-state index >= 15 is 0 Å². The highest BCUT2D eigenvalue weighted by Gasteiger charge is 2.22. The van der Waals surface area contributed by atoms with E-state index in [9.17, 15) is 8.42 Å². The van der Waals surface area contributed by atoms with Gasteiger partial charge in [0, 0.05) is 36.2 Å². The maximum absolute atomic E-state index is 12.7. The van der Waals surface area contributed by atoms with Crippen LogP contribution in [-0.2, 0) is 10.0 Å². The lowest BCUT2D eigenvalue weighted by Gasteiger charge is -2.27. The summed E-state index contributed by atoms with van der Waals surface area (Å²) in [6, 6.07) is 8.94. The summed E-state index contributed by atoms with van der Waals surface area (Å²) >= 11 is 0. The Kier molecular flexibility index (Phi) is 5.81. The van der Waals surface area contributed by atoms with Gasteiger partial charge in [0.05, 0.1) is 11.4 Å². The number of nitrogens with one attached hydrogen (secondary N) is 3. The molecule has 3 heterocycles. The monoisotopic (exact) mass is 441 g/mol. The molecule has 0 amide bonds. The first-order valence-corrected chi connectivity index (χ1v) is 11.8. The van der Waals surface area contributed by atoms with Crippen molar-refractivity contribution in [3.63, 3.8) is 0 Å². The lowest BCUT2D eigenvalue weighted by atomic mass is 10.1. The Balaban J connectivity index is 1.48. The lowest BCUT2D eigenvalue weighted by molar-refractivity contribution is 0.568. The molecular formula is C21H27N7O2S. The minimum atomic E-state index is -3.72. The van der Waals surface area contributed by atoms with Crippen molar-refractivity contribution in [1.29, 1.82) is 0 Å². The van der Waals surface area contributed by atoms with Gasteiger partial charge in [-0.05, 0) is 64.3 Å². The highest BCUT2D eigenvalue weighted by Crippen LogP contribution is 2.24. The van der Waals surface area contributed by atoms with Gasteiger partial charge >= 0.3 is 0 Å². The zero-order valence-corrected chi connectivity index (χ0v) is 18.8. The number of rotatable bonds is 6. The molecular weight excluding hydrogens is 414 g/mol. The molecule has 1 saturated heterocycles. The zero-order chi connectivity index (χ0) is 22.0. The zero-order valence-electron chi connectivity index (χ0n) is 17.9. The summed E-state index contributed by atoms with van der Waals surface area (Å²) in [5.41, 5.74) is 3.12. The first-order chi connectivity index (χ1) is 14.8. The molecule has 164 valence electrons. The molecule has 0 radical (unpaired) electrons. The highest BCUT2D eigenvalue weighted by molar-refractivity contribution is 7.92. The number of benzene rings is 1. The standard InChI is InChI=1S/C21H27N7O2S/c1-14-13-19(24-21(22-14)28-11-5-4-6-12-28)23-17-7-9-18(10-8-17)27-31(29,30)20-15(2)25-26-16(20)3/h7-10,13,27H,4-6,11-12H2,1-3H3,(H,25,26)(H,22,23,24). The molecule has 4 rings (SSSR count). The fraction of sp³-hybridized carbons (Fsp3) is 0.381. The van der Waals surface area contributed by atoms with Crippen molar-refractivity contribution in [2.45, 2.75) is 44.9 Å². The van der Waals surface area contributed by atoms with Gasteiger partial charge in [0.1, 0.15) is 10.7 Å². The SMILES string of the molecule is Cc1cc(Nc2ccc(NS(=O)(=O)c3c(C)n[nH]c3C)cc2)nc(N2CCCCC2)n1. The smallest absolute Gasteiger partial charge is 0.265 e. The predicted octanol–water partition coefficient (Wildman–Crippen LogP) is 3.66. The van der Waals surface area contributed by atoms with Crippen molar-refractivity contribution in [3.8, 4) is 0 Å². The number of anilines is 4. The fourth-order valence-corrected chi connectivity index (χ4v) is 5.20. The van der Waals surface area contributed by atoms with E-state index in [-0.39, 0.29) is 4.90 Å². The van der Waals surface area contributed by atoms with Crippen LogP contribution in [0.1, 0.15) is 36.3 Å². The number of hydrogen-bond acceptors (Lipinski definition) is 7. The molecule has 3 aromatic rings. The average molecular weight is 442 g/mol. The summed E-state index contributed by atoms with van der Waals surface area (Å²) in [7, 11) is -3.72. The topological polar surface area (TPSA) is 116 Å². The molecule has 0 spiro atoms. The molecule has 0 atom stereocenters. The molecule has 3 N–H and O–H groups in total. The van der Waals surface area contributed by atoms with Crippen LogP contribution in [0.25, 0.3) is 0 Å². The van der Waals surface area contributed by atoms with E-state index in [2.05, 4.69) is 35.1 Å². The lowest BCUT2D eigenvalue weighted by Crippen LogP contribution is -2.31. The molecule has 0 saturated carbocycles. The Morgan fingerprint density at radius 1 is 0.968 bits per heavy atom. The molecule has 31 heavy (non-hydrogen) atoms. The van der Waals surface area contributed by atoms with Crippen molar-refractivity contribution < 1.29 is 8.42 Å². The van der Waals surface area contributed by atoms with E-state index in [1.807, 2.05) is 25.1 Å². The number of H-pyrrole nitrogens is 1. The maximum atomic E-state index is 12.7. The number of aryl methyl sites for hydroxylation is 3. The van der Waals surface area contributed by atoms with Gasteiger partial charge in [-0.2, -0.15) is 10.1 Å². The second-order valence-corrected chi connectivity index (χ2v) is 9.43. The molecule has 0 aliphatic carbocycles. The second kappa shape index (κ2) is 8.54. The summed E-state index contributed by atoms with van der Waals surface area (Å²) < 4.78 is 28.0. The number of nitrogens with zero attached hydrogens (tertiary/aromatic N) is 4. The van der Waals surface area contributed by atoms with Crippen LogP contribution >= 0.6 is 0 Å². The average Bonchev–Trinajstić information content (AvgIpc) is 3.08. The summed E-state index contributed by atoms with van der Waals surface area (Å²) in [5.74, 6) is 1.46. The van der Waals surface area contributed by atoms with Crippen molar-refractivity contribution in [2.24, 2.45) is 0 Å². The van der Waals surface area contributed by atoms with Crippen LogP contribution in [0.4, 0.5) is 23.1 Å². The molecule has 0 bridgehead atoms. The van der Waals surface area contributed by atoms with Crippen molar-refractivity contribution in [2.75, 3.05) is 28.0 Å². The minimum Gasteiger partial charge on any atom is -0.341 e. The van der Waals surface area contributed by atoms with Crippen molar-refractivity contribution in [1.82, 2.24) is 20.2 Å². The van der Waals surface area contributed by atoms with E-state index in [4.69, 9.17) is 0 Å². The predicted molar refractivity (Wildman–Crippen MR) is 121 cm³/mol. The van der Waals surface area contributed by atoms with Gasteiger partial charge in [-0.3, -0.25) is 9.82 Å². The summed E-state index contributed by atoms with van der Waals surface area (Å²) in [5, 5.41) is 9.96. The molecule has 1 aliphatic rings. The second-order valence-electron chi connectivity index (χ2n) is 7.81. The quantitative estimate of drug-likeness (QED) is 0.534. The molecule has 1 fully saturated rings. The Labute approximate surface area is 182 Å². The Morgan fingerprint density at radius 3 is 2.29 bits per heavy atom. The van der Waals surface area contributed by atoms with Crippen molar-refractivity contribution >= 4 is 33.2 Å². The maximum Gasteiger partial charge on any atom is 0.265 e. The van der Waals surface area contributed by atoms with Gasteiger partial charge < -0.3 is 10.2 Å². The summed E-state index contributed by atoms with van der Waals surface area (Å²) in [6.45, 7) is 7.26. The molecule has 9 nitrogen and oxygen atoms in total. The number of aromatic nitrogens is 4. The van der Waals surface area contributed by atoms with Crippen LogP contribution in [0.5, 0.6) is 0 Å². The third-order valence-electron chi connectivity index (χ3n) is 5.22. The Bertz CT molecular complexity index is 1150. The third kappa shape index (κ3) is 4.79. The van der Waals surface area contributed by atoms with E-state index in [0.29, 0.717) is 22.9 Å². The van der Waals surface area contributed by atoms with E-state index in [0.717, 1.165) is 43.3 Å². The van der Waals surface area contributed by atoms with Gasteiger partial charge in [0.15, 0.2) is 0 Å². The number of hydrogen-bond donors (Lipinski definition) is 3. The van der Waals surface area contributed by atoms with Crippen LogP contribution in [0.3, 0.4) is 0 Å². The molecule has 1 aliphatic heterocycles. The van der Waals surface area contributed by atoms with Crippen LogP contribution < -0.4 is 14.9 Å². The van der Waals surface area contributed by atoms with Crippen LogP contribution in [-0.4, -0.2) is 41.7 Å². The third-order valence-corrected chi connectivity index (χ3v) is 6.86. The van der Waals surface area contributed by atoms with Gasteiger partial charge in [-0.1, -0.05) is 0 Å². The van der Waals surface area contributed by atoms with Gasteiger partial charge in [0.2, 0.25) is 5.95 Å². The van der Waals surface area contributed by atoms with Crippen LogP contribution in [0.15, 0.2) is 35.2 Å². The Hall–Kier alpha value is -3.14. The minimum absolute atomic E-state index is 0.177. The summed E-state index contributed by atoms with van der Waals surface area (Å²) in [6.07, 6.45) is 3.58. The Morgan fingerprint density at radius 2 is 1.65 bits per heavy atom. The molecule has 2 aromatic heterocycles. The number of sulfonamides is 1. The number of piperidine rings is 1. The van der Waals surface area contributed by atoms with E-state index < -0.39 is 10.0 Å². The molecule has 0 unspecified atom stereocenters. The van der Waals surface area contributed by atoms with Gasteiger partial charge in [-0.25, -0.2) is 13.4 Å². The highest BCUT2D eigenvalue weighted by atomic mass is 32.2. The largest absolute Gasteiger partial charge is 0.341 e. The van der Waals surface area contributed by atoms with E-state index in [1.54, 1.807) is 26.0 Å². The first-order valence-electron chi connectivity index (χ1n) is 10.3. The molecule has 10 heteroatoms. The van der Waals surface area contributed by atoms with E-state index in [1.165, 1.54) is 6.42 Å². The van der Waals surface area contributed by atoms with Gasteiger partial charge in [-0.15, -0.1) is 0 Å².